The predicted octanol–water partition coefficient (Wildman–Crippen LogP) is 5.61. The minimum absolute atomic E-state index is 0.00500. The normalized spacial score (nSPS) is 11.4. The summed E-state index contributed by atoms with van der Waals surface area (Å²) >= 11 is 12.8. The molecular formula is C25H30Cl2N4O4S. The van der Waals surface area contributed by atoms with E-state index in [4.69, 9.17) is 27.9 Å². The Morgan fingerprint density at radius 3 is 2.47 bits per heavy atom. The third-order valence-corrected chi connectivity index (χ3v) is 7.56. The summed E-state index contributed by atoms with van der Waals surface area (Å²) in [6.07, 6.45) is 3.22. The Bertz CT molecular complexity index is 1310. The number of imidazole rings is 1. The first-order valence-electron chi connectivity index (χ1n) is 11.6. The molecule has 0 saturated heterocycles. The third kappa shape index (κ3) is 7.38. The molecule has 0 saturated carbocycles. The molecule has 194 valence electrons. The van der Waals surface area contributed by atoms with Crippen LogP contribution >= 0.6 is 23.2 Å². The van der Waals surface area contributed by atoms with Gasteiger partial charge in [0.05, 0.1) is 30.3 Å². The van der Waals surface area contributed by atoms with E-state index in [1.165, 1.54) is 12.1 Å². The van der Waals surface area contributed by atoms with Crippen molar-refractivity contribution in [1.82, 2.24) is 19.6 Å². The maximum Gasteiger partial charge on any atom is 0.329 e. The van der Waals surface area contributed by atoms with Crippen LogP contribution in [-0.2, 0) is 23.1 Å². The van der Waals surface area contributed by atoms with E-state index in [9.17, 15) is 13.2 Å². The molecule has 0 aliphatic heterocycles. The number of hydrogen-bond donors (Lipinski definition) is 2. The summed E-state index contributed by atoms with van der Waals surface area (Å²) in [7, 11) is -4.01. The van der Waals surface area contributed by atoms with Crippen molar-refractivity contribution in [2.45, 2.75) is 58.0 Å². The van der Waals surface area contributed by atoms with Crippen LogP contribution < -0.4 is 14.8 Å². The summed E-state index contributed by atoms with van der Waals surface area (Å²) in [4.78, 5) is 16.7. The number of benzene rings is 2. The molecule has 0 aliphatic rings. The maximum absolute atomic E-state index is 12.5. The number of nitrogens with zero attached hydrogens (tertiary/aromatic N) is 2. The molecule has 0 spiro atoms. The molecule has 2 aromatic carbocycles. The highest BCUT2D eigenvalue weighted by Gasteiger charge is 2.19. The molecule has 2 amide bonds. The fourth-order valence-corrected chi connectivity index (χ4v) is 4.96. The van der Waals surface area contributed by atoms with Gasteiger partial charge in [-0.15, -0.1) is 0 Å². The van der Waals surface area contributed by atoms with Gasteiger partial charge in [-0.2, -0.15) is 0 Å². The van der Waals surface area contributed by atoms with E-state index in [2.05, 4.69) is 17.2 Å². The Morgan fingerprint density at radius 1 is 1.08 bits per heavy atom. The van der Waals surface area contributed by atoms with Gasteiger partial charge in [0.2, 0.25) is 0 Å². The van der Waals surface area contributed by atoms with Gasteiger partial charge in [0.25, 0.3) is 10.0 Å². The van der Waals surface area contributed by atoms with Gasteiger partial charge in [-0.1, -0.05) is 66.7 Å². The number of aromatic nitrogens is 2. The van der Waals surface area contributed by atoms with Crippen molar-refractivity contribution in [3.63, 3.8) is 0 Å². The number of urea groups is 1. The van der Waals surface area contributed by atoms with E-state index in [0.29, 0.717) is 35.4 Å². The Hall–Kier alpha value is -2.75. The molecule has 1 aromatic heterocycles. The molecule has 0 unspecified atom stereocenters. The number of carbonyl (C=O) groups excluding carboxylic acids is 1. The lowest BCUT2D eigenvalue weighted by Gasteiger charge is -2.14. The highest BCUT2D eigenvalue weighted by atomic mass is 35.5. The van der Waals surface area contributed by atoms with Gasteiger partial charge in [-0.05, 0) is 50.1 Å². The SMILES string of the molecule is CCCCCOc1ccc(Cn2c(C)nc(Cl)c2CNC(=O)NS(=O)(=O)c2ccc(C)cc2)c(Cl)c1. The van der Waals surface area contributed by atoms with Crippen molar-refractivity contribution >= 4 is 39.3 Å². The number of ether oxygens (including phenoxy) is 1. The van der Waals surface area contributed by atoms with Gasteiger partial charge < -0.3 is 14.6 Å². The van der Waals surface area contributed by atoms with Crippen LogP contribution in [0.2, 0.25) is 10.2 Å². The van der Waals surface area contributed by atoms with Crippen LogP contribution in [0.25, 0.3) is 0 Å². The number of halogens is 2. The van der Waals surface area contributed by atoms with E-state index in [1.54, 1.807) is 25.1 Å². The second-order valence-corrected chi connectivity index (χ2v) is 10.8. The zero-order valence-corrected chi connectivity index (χ0v) is 22.8. The van der Waals surface area contributed by atoms with E-state index in [0.717, 1.165) is 30.4 Å². The number of aryl methyl sites for hydroxylation is 2. The molecule has 2 N–H and O–H groups in total. The standard InChI is InChI=1S/C25H30Cl2N4O4S/c1-4-5-6-13-35-20-10-9-19(22(26)14-20)16-31-18(3)29-24(27)23(31)15-28-25(32)30-36(33,34)21-11-7-17(2)8-12-21/h7-12,14H,4-6,13,15-16H2,1-3H3,(H2,28,30,32). The maximum atomic E-state index is 12.5. The molecule has 36 heavy (non-hydrogen) atoms. The van der Waals surface area contributed by atoms with Crippen LogP contribution in [0.4, 0.5) is 4.79 Å². The second kappa shape index (κ2) is 12.5. The molecule has 0 atom stereocenters. The number of rotatable bonds is 11. The first kappa shape index (κ1) is 27.8. The van der Waals surface area contributed by atoms with E-state index in [-0.39, 0.29) is 16.6 Å². The molecular weight excluding hydrogens is 523 g/mol. The minimum Gasteiger partial charge on any atom is -0.494 e. The molecule has 0 radical (unpaired) electrons. The number of amides is 2. The summed E-state index contributed by atoms with van der Waals surface area (Å²) in [6.45, 7) is 6.73. The van der Waals surface area contributed by atoms with Crippen molar-refractivity contribution in [1.29, 1.82) is 0 Å². The summed E-state index contributed by atoms with van der Waals surface area (Å²) < 4.78 is 34.5. The Morgan fingerprint density at radius 2 is 1.81 bits per heavy atom. The van der Waals surface area contributed by atoms with Crippen molar-refractivity contribution < 1.29 is 17.9 Å². The van der Waals surface area contributed by atoms with Gasteiger partial charge in [0, 0.05) is 5.02 Å². The molecule has 3 rings (SSSR count). The van der Waals surface area contributed by atoms with Gasteiger partial charge >= 0.3 is 6.03 Å². The topological polar surface area (TPSA) is 102 Å². The second-order valence-electron chi connectivity index (χ2n) is 8.39. The first-order valence-corrected chi connectivity index (χ1v) is 13.8. The summed E-state index contributed by atoms with van der Waals surface area (Å²) in [5.41, 5.74) is 2.25. The van der Waals surface area contributed by atoms with Crippen LogP contribution in [0, 0.1) is 13.8 Å². The molecule has 8 nitrogen and oxygen atoms in total. The number of hydrogen-bond acceptors (Lipinski definition) is 5. The minimum atomic E-state index is -4.01. The Labute approximate surface area is 222 Å². The van der Waals surface area contributed by atoms with Crippen molar-refractivity contribution in [2.24, 2.45) is 0 Å². The molecule has 0 bridgehead atoms. The highest BCUT2D eigenvalue weighted by molar-refractivity contribution is 7.90. The lowest BCUT2D eigenvalue weighted by atomic mass is 10.2. The summed E-state index contributed by atoms with van der Waals surface area (Å²) in [6, 6.07) is 10.8. The smallest absolute Gasteiger partial charge is 0.329 e. The van der Waals surface area contributed by atoms with E-state index in [1.807, 2.05) is 28.3 Å². The van der Waals surface area contributed by atoms with Gasteiger partial charge in [-0.3, -0.25) is 0 Å². The third-order valence-electron chi connectivity index (χ3n) is 5.56. The Balaban J connectivity index is 1.66. The highest BCUT2D eigenvalue weighted by Crippen LogP contribution is 2.26. The van der Waals surface area contributed by atoms with Crippen LogP contribution in [0.15, 0.2) is 47.4 Å². The fraction of sp³-hybridized carbons (Fsp3) is 0.360. The van der Waals surface area contributed by atoms with E-state index >= 15 is 0 Å². The fourth-order valence-electron chi connectivity index (χ4n) is 3.51. The molecule has 0 fully saturated rings. The van der Waals surface area contributed by atoms with Crippen molar-refractivity contribution in [3.05, 3.63) is 75.3 Å². The zero-order valence-electron chi connectivity index (χ0n) is 20.5. The lowest BCUT2D eigenvalue weighted by molar-refractivity contribution is 0.245. The lowest BCUT2D eigenvalue weighted by Crippen LogP contribution is -2.39. The monoisotopic (exact) mass is 552 g/mol. The first-order chi connectivity index (χ1) is 17.1. The molecule has 1 heterocycles. The van der Waals surface area contributed by atoms with Crippen molar-refractivity contribution in [2.75, 3.05) is 6.61 Å². The molecule has 0 aliphatic carbocycles. The number of carbonyl (C=O) groups is 1. The van der Waals surface area contributed by atoms with E-state index < -0.39 is 16.1 Å². The number of nitrogens with one attached hydrogen (secondary N) is 2. The summed E-state index contributed by atoms with van der Waals surface area (Å²) in [5, 5.41) is 3.29. The van der Waals surface area contributed by atoms with Crippen molar-refractivity contribution in [3.8, 4) is 5.75 Å². The molecule has 3 aromatic rings. The average Bonchev–Trinajstić information content (AvgIpc) is 3.08. The zero-order chi connectivity index (χ0) is 26.3. The van der Waals surface area contributed by atoms with Gasteiger partial charge in [0.1, 0.15) is 11.6 Å². The number of unbranched alkanes of at least 4 members (excludes halogenated alkanes) is 2. The van der Waals surface area contributed by atoms with Gasteiger partial charge in [-0.25, -0.2) is 22.9 Å². The Kier molecular flexibility index (Phi) is 9.64. The summed E-state index contributed by atoms with van der Waals surface area (Å²) in [5.74, 6) is 1.33. The predicted molar refractivity (Wildman–Crippen MR) is 141 cm³/mol. The van der Waals surface area contributed by atoms with Crippen LogP contribution in [0.1, 0.15) is 48.8 Å². The van der Waals surface area contributed by atoms with Crippen LogP contribution in [0.3, 0.4) is 0 Å². The van der Waals surface area contributed by atoms with Crippen LogP contribution in [0.5, 0.6) is 5.75 Å². The van der Waals surface area contributed by atoms with Crippen LogP contribution in [-0.4, -0.2) is 30.6 Å². The van der Waals surface area contributed by atoms with Gasteiger partial charge in [0.15, 0.2) is 5.15 Å². The molecule has 11 heteroatoms. The quantitative estimate of drug-likeness (QED) is 0.301. The average molecular weight is 554 g/mol. The number of sulfonamides is 1. The largest absolute Gasteiger partial charge is 0.494 e.